The Morgan fingerprint density at radius 2 is 1.62 bits per heavy atom. The largest absolute Gasteiger partial charge is 0.512 e. The number of hydrogen-bond donors (Lipinski definition) is 1. The predicted octanol–water partition coefficient (Wildman–Crippen LogP) is 10.8. The van der Waals surface area contributed by atoms with Crippen LogP contribution in [0.15, 0.2) is 60.8 Å². The summed E-state index contributed by atoms with van der Waals surface area (Å²) in [7, 11) is 0. The van der Waals surface area contributed by atoms with E-state index in [1.807, 2.05) is 52.4 Å². The van der Waals surface area contributed by atoms with E-state index in [1.165, 1.54) is 65.6 Å². The molecule has 0 aliphatic heterocycles. The van der Waals surface area contributed by atoms with Gasteiger partial charge in [0.25, 0.3) is 0 Å². The third kappa shape index (κ3) is 7.10. The van der Waals surface area contributed by atoms with Crippen molar-refractivity contribution < 1.29 is 30.0 Å². The molecule has 1 radical (unpaired) electrons. The zero-order chi connectivity index (χ0) is 31.4. The molecule has 0 atom stereocenters. The molecule has 1 saturated carbocycles. The van der Waals surface area contributed by atoms with E-state index in [9.17, 15) is 9.90 Å². The van der Waals surface area contributed by atoms with Crippen LogP contribution in [-0.2, 0) is 30.3 Å². The molecule has 0 saturated heterocycles. The molecule has 4 nitrogen and oxygen atoms in total. The Bertz CT molecular complexity index is 1660. The monoisotopic (exact) mass is 782 g/mol. The van der Waals surface area contributed by atoms with Crippen LogP contribution in [0, 0.1) is 17.9 Å². The molecule has 0 amide bonds. The van der Waals surface area contributed by atoms with Crippen molar-refractivity contribution in [2.75, 3.05) is 0 Å². The topological polar surface area (TPSA) is 63.1 Å². The van der Waals surface area contributed by atoms with Crippen molar-refractivity contribution in [2.24, 2.45) is 11.8 Å². The summed E-state index contributed by atoms with van der Waals surface area (Å²) in [4.78, 5) is 20.9. The Morgan fingerprint density at radius 3 is 2.29 bits per heavy atom. The van der Waals surface area contributed by atoms with Crippen molar-refractivity contribution in [3.8, 4) is 11.3 Å². The van der Waals surface area contributed by atoms with E-state index < -0.39 is 0 Å². The van der Waals surface area contributed by atoms with Crippen molar-refractivity contribution in [2.45, 2.75) is 111 Å². The average molecular weight is 782 g/mol. The summed E-state index contributed by atoms with van der Waals surface area (Å²) in [6, 6.07) is 15.2. The van der Waals surface area contributed by atoms with E-state index in [4.69, 9.17) is 4.98 Å². The minimum atomic E-state index is -0.0885. The molecule has 2 heterocycles. The number of ketones is 1. The van der Waals surface area contributed by atoms with Crippen LogP contribution in [0.1, 0.15) is 122 Å². The fraction of sp³-hybridized carbons (Fsp3) is 0.475. The number of carbonyl (C=O) groups excluding carboxylic acids is 1. The molecule has 45 heavy (non-hydrogen) atoms. The number of aliphatic hydroxyl groups excluding tert-OH is 1. The average Bonchev–Trinajstić information content (AvgIpc) is 3.04. The molecule has 0 unspecified atom stereocenters. The Kier molecular flexibility index (Phi) is 11.8. The van der Waals surface area contributed by atoms with Gasteiger partial charge in [0, 0.05) is 49.9 Å². The quantitative estimate of drug-likeness (QED) is 0.110. The molecule has 1 N–H and O–H groups in total. The summed E-state index contributed by atoms with van der Waals surface area (Å²) in [5, 5.41) is 14.7. The van der Waals surface area contributed by atoms with E-state index in [0.29, 0.717) is 5.92 Å². The second-order valence-electron chi connectivity index (χ2n) is 13.3. The van der Waals surface area contributed by atoms with Gasteiger partial charge >= 0.3 is 0 Å². The smallest absolute Gasteiger partial charge is 0.162 e. The molecular formula is C40H49IrN2O2-. The molecule has 0 spiro atoms. The number of benzene rings is 2. The van der Waals surface area contributed by atoms with Gasteiger partial charge in [-0.25, -0.2) is 0 Å². The summed E-state index contributed by atoms with van der Waals surface area (Å²) in [6.07, 6.45) is 17.4. The van der Waals surface area contributed by atoms with Gasteiger partial charge in [-0.1, -0.05) is 89.5 Å². The van der Waals surface area contributed by atoms with Gasteiger partial charge in [0.15, 0.2) is 5.78 Å². The van der Waals surface area contributed by atoms with Crippen LogP contribution in [-0.4, -0.2) is 20.9 Å². The fourth-order valence-electron chi connectivity index (χ4n) is 7.36. The van der Waals surface area contributed by atoms with Crippen molar-refractivity contribution in [1.29, 1.82) is 0 Å². The zero-order valence-corrected chi connectivity index (χ0v) is 30.3. The van der Waals surface area contributed by atoms with Gasteiger partial charge in [-0.05, 0) is 90.2 Å². The number of pyridine rings is 2. The van der Waals surface area contributed by atoms with Gasteiger partial charge in [-0.15, -0.1) is 23.6 Å². The molecule has 2 aromatic carbocycles. The molecular weight excluding hydrogens is 733 g/mol. The van der Waals surface area contributed by atoms with Gasteiger partial charge in [-0.3, -0.25) is 14.8 Å². The van der Waals surface area contributed by atoms with Crippen LogP contribution in [0.4, 0.5) is 0 Å². The summed E-state index contributed by atoms with van der Waals surface area (Å²) in [6.45, 7) is 12.8. The van der Waals surface area contributed by atoms with E-state index in [1.54, 1.807) is 0 Å². The normalized spacial score (nSPS) is 15.9. The zero-order valence-electron chi connectivity index (χ0n) is 27.9. The fourth-order valence-corrected chi connectivity index (χ4v) is 7.36. The third-order valence-electron chi connectivity index (χ3n) is 10.3. The Morgan fingerprint density at radius 1 is 0.933 bits per heavy atom. The molecule has 1 fully saturated rings. The molecule has 6 rings (SSSR count). The molecule has 2 aliphatic rings. The van der Waals surface area contributed by atoms with Crippen LogP contribution >= 0.6 is 0 Å². The first kappa shape index (κ1) is 35.0. The van der Waals surface area contributed by atoms with Crippen molar-refractivity contribution in [1.82, 2.24) is 9.97 Å². The minimum Gasteiger partial charge on any atom is -0.512 e. The first-order valence-electron chi connectivity index (χ1n) is 16.9. The van der Waals surface area contributed by atoms with Crippen LogP contribution in [0.3, 0.4) is 0 Å². The van der Waals surface area contributed by atoms with Crippen LogP contribution in [0.25, 0.3) is 32.8 Å². The van der Waals surface area contributed by atoms with Gasteiger partial charge in [0.2, 0.25) is 0 Å². The molecule has 2 aromatic heterocycles. The first-order valence-corrected chi connectivity index (χ1v) is 16.9. The number of aromatic nitrogens is 2. The predicted molar refractivity (Wildman–Crippen MR) is 183 cm³/mol. The first-order chi connectivity index (χ1) is 21.2. The third-order valence-corrected chi connectivity index (χ3v) is 10.3. The standard InChI is InChI=1S/C27H25N2.C13H24O2.Ir/c1-27(2)23-15-21-16-28-10-8-18(21)13-22(23)26-25-19(9-11-29-26)12-20(14-24(25)27)17-6-4-3-5-7-17;1-5-10(6-2)12(14)9-13(15)11(7-3)8-4;/h8-12,14-17H,3-7H2,1-2H3;9-11,14H,5-8H2,1-4H3;/q-1;;/b;12-9-;. The molecule has 4 aromatic rings. The number of rotatable bonds is 8. The number of aliphatic hydroxyl groups is 1. The molecule has 241 valence electrons. The maximum atomic E-state index is 11.7. The van der Waals surface area contributed by atoms with Crippen molar-refractivity contribution >= 4 is 27.3 Å². The van der Waals surface area contributed by atoms with Gasteiger partial charge in [-0.2, -0.15) is 0 Å². The van der Waals surface area contributed by atoms with Crippen LogP contribution < -0.4 is 0 Å². The van der Waals surface area contributed by atoms with E-state index >= 15 is 0 Å². The number of nitrogens with zero attached hydrogens (tertiary/aromatic N) is 2. The summed E-state index contributed by atoms with van der Waals surface area (Å²) in [5.74, 6) is 1.25. The van der Waals surface area contributed by atoms with E-state index in [0.717, 1.165) is 47.7 Å². The second-order valence-corrected chi connectivity index (χ2v) is 13.3. The summed E-state index contributed by atoms with van der Waals surface area (Å²) >= 11 is 0. The Balaban J connectivity index is 0.000000249. The van der Waals surface area contributed by atoms with Crippen molar-refractivity contribution in [3.63, 3.8) is 0 Å². The van der Waals surface area contributed by atoms with Crippen LogP contribution in [0.5, 0.6) is 0 Å². The van der Waals surface area contributed by atoms with E-state index in [-0.39, 0.29) is 48.9 Å². The van der Waals surface area contributed by atoms with Gasteiger partial charge in [0.05, 0.1) is 5.76 Å². The number of hydrogen-bond acceptors (Lipinski definition) is 4. The molecule has 2 aliphatic carbocycles. The van der Waals surface area contributed by atoms with Gasteiger partial charge < -0.3 is 5.11 Å². The SMILES string of the molecule is CC1(C)c2cc3cnccc3[c-]c2-c2nccc3cc(C4CCCCC4)cc1c23.CCC(CC)C(=O)/C=C(\O)C(CC)CC.[Ir]. The van der Waals surface area contributed by atoms with Crippen molar-refractivity contribution in [3.05, 3.63) is 83.5 Å². The molecule has 0 bridgehead atoms. The van der Waals surface area contributed by atoms with Gasteiger partial charge in [0.1, 0.15) is 0 Å². The summed E-state index contributed by atoms with van der Waals surface area (Å²) in [5.41, 5.74) is 6.40. The maximum Gasteiger partial charge on any atom is 0.162 e. The summed E-state index contributed by atoms with van der Waals surface area (Å²) < 4.78 is 0. The maximum absolute atomic E-state index is 11.7. The Labute approximate surface area is 283 Å². The van der Waals surface area contributed by atoms with E-state index in [2.05, 4.69) is 49.2 Å². The number of carbonyl (C=O) groups is 1. The molecule has 5 heteroatoms. The second kappa shape index (κ2) is 15.1. The minimum absolute atomic E-state index is 0. The Hall–Kier alpha value is -2.88. The number of fused-ring (bicyclic) bond motifs is 3. The number of allylic oxidation sites excluding steroid dienone is 2. The van der Waals surface area contributed by atoms with Crippen LogP contribution in [0.2, 0.25) is 0 Å².